The van der Waals surface area contributed by atoms with Crippen molar-refractivity contribution in [3.63, 3.8) is 0 Å². The van der Waals surface area contributed by atoms with E-state index < -0.39 is 24.4 Å². The van der Waals surface area contributed by atoms with Crippen LogP contribution in [0, 0.1) is 0 Å². The molecule has 1 N–H and O–H groups in total. The van der Waals surface area contributed by atoms with Crippen LogP contribution in [0.3, 0.4) is 0 Å². The number of carbonyl (C=O) groups is 1. The van der Waals surface area contributed by atoms with Crippen LogP contribution < -0.4 is 4.74 Å². The summed E-state index contributed by atoms with van der Waals surface area (Å²) in [6, 6.07) is 7.19. The number of hydrogen-bond donors (Lipinski definition) is 1. The van der Waals surface area contributed by atoms with E-state index in [1.54, 1.807) is 33.1 Å². The van der Waals surface area contributed by atoms with Crippen molar-refractivity contribution in [3.8, 4) is 5.75 Å². The number of methoxy groups -OCH3 is 1. The average Bonchev–Trinajstić information content (AvgIpc) is 2.60. The van der Waals surface area contributed by atoms with Crippen LogP contribution >= 0.6 is 23.5 Å². The third-order valence-electron chi connectivity index (χ3n) is 3.50. The zero-order chi connectivity index (χ0) is 19.7. The molecule has 0 heterocycles. The van der Waals surface area contributed by atoms with Crippen LogP contribution in [0.2, 0.25) is 0 Å². The molecule has 0 fully saturated rings. The van der Waals surface area contributed by atoms with E-state index in [-0.39, 0.29) is 26.0 Å². The number of hydrogen-bond acceptors (Lipinski definition) is 6. The molecule has 26 heavy (non-hydrogen) atoms. The molecule has 0 saturated heterocycles. The van der Waals surface area contributed by atoms with E-state index in [1.165, 1.54) is 11.8 Å². The van der Waals surface area contributed by atoms with Crippen molar-refractivity contribution >= 4 is 29.4 Å². The van der Waals surface area contributed by atoms with Gasteiger partial charge >= 0.3 is 7.60 Å². The minimum atomic E-state index is -3.47. The van der Waals surface area contributed by atoms with Gasteiger partial charge in [-0.1, -0.05) is 28.1 Å². The Hall–Kier alpha value is -0.920. The number of carbonyl (C=O) groups excluding carboxylic acids is 1. The van der Waals surface area contributed by atoms with Crippen LogP contribution in [-0.4, -0.2) is 53.5 Å². The molecular weight excluding hydrogens is 425 g/mol. The lowest BCUT2D eigenvalue weighted by Gasteiger charge is -2.29. The fraction of sp³-hybridized carbons (Fsp3) is 0.588. The number of benzene rings is 1. The van der Waals surface area contributed by atoms with Crippen LogP contribution in [0.1, 0.15) is 26.3 Å². The second-order valence-corrected chi connectivity index (χ2v) is 8.62. The Morgan fingerprint density at radius 3 is 2.19 bits per heavy atom. The Kier molecular flexibility index (Phi) is 9.82. The van der Waals surface area contributed by atoms with E-state index in [0.29, 0.717) is 5.75 Å². The first kappa shape index (κ1) is 23.1. The SMILES string of the molecule is CCOP(=O)(CN(Cc1ccc(OC)cc1)C(=O)[C@@H](Br)[C@@H](C)O)OCC. The minimum Gasteiger partial charge on any atom is -0.497 e. The van der Waals surface area contributed by atoms with Crippen molar-refractivity contribution in [2.24, 2.45) is 0 Å². The zero-order valence-electron chi connectivity index (χ0n) is 15.6. The maximum absolute atomic E-state index is 12.9. The molecule has 0 saturated carbocycles. The molecule has 0 unspecified atom stereocenters. The lowest BCUT2D eigenvalue weighted by molar-refractivity contribution is -0.132. The summed E-state index contributed by atoms with van der Waals surface area (Å²) in [6.45, 7) is 5.54. The first-order chi connectivity index (χ1) is 12.3. The molecular formula is C17H27BrNO6P. The van der Waals surface area contributed by atoms with Gasteiger partial charge < -0.3 is 23.8 Å². The summed E-state index contributed by atoms with van der Waals surface area (Å²) in [6.07, 6.45) is -1.10. The van der Waals surface area contributed by atoms with Crippen molar-refractivity contribution in [2.45, 2.75) is 38.2 Å². The highest BCUT2D eigenvalue weighted by Crippen LogP contribution is 2.48. The molecule has 1 rings (SSSR count). The number of aliphatic hydroxyl groups is 1. The molecule has 0 bridgehead atoms. The Labute approximate surface area is 163 Å². The molecule has 0 spiro atoms. The highest BCUT2D eigenvalue weighted by molar-refractivity contribution is 9.10. The molecule has 0 aliphatic rings. The smallest absolute Gasteiger partial charge is 0.349 e. The van der Waals surface area contributed by atoms with Crippen molar-refractivity contribution in [2.75, 3.05) is 26.6 Å². The minimum absolute atomic E-state index is 0.196. The second-order valence-electron chi connectivity index (χ2n) is 5.61. The third-order valence-corrected chi connectivity index (χ3v) is 6.65. The van der Waals surface area contributed by atoms with Crippen LogP contribution in [0.25, 0.3) is 0 Å². The van der Waals surface area contributed by atoms with Crippen LogP contribution in [-0.2, 0) is 25.0 Å². The number of halogens is 1. The highest BCUT2D eigenvalue weighted by atomic mass is 79.9. The number of amides is 1. The molecule has 0 aliphatic carbocycles. The molecule has 7 nitrogen and oxygen atoms in total. The number of ether oxygens (including phenoxy) is 1. The van der Waals surface area contributed by atoms with Gasteiger partial charge in [-0.05, 0) is 38.5 Å². The van der Waals surface area contributed by atoms with Crippen molar-refractivity contribution in [3.05, 3.63) is 29.8 Å². The summed E-state index contributed by atoms with van der Waals surface area (Å²) < 4.78 is 28.6. The largest absolute Gasteiger partial charge is 0.497 e. The normalized spacial score (nSPS) is 13.9. The summed E-state index contributed by atoms with van der Waals surface area (Å²) in [5, 5.41) is 9.74. The van der Waals surface area contributed by atoms with Gasteiger partial charge in [0.25, 0.3) is 0 Å². The topological polar surface area (TPSA) is 85.3 Å². The standard InChI is InChI=1S/C17H27BrNO6P/c1-5-24-26(22,25-6-2)12-19(17(21)16(18)13(3)20)11-14-7-9-15(23-4)10-8-14/h7-10,13,16,20H,5-6,11-12H2,1-4H3/t13-,16+/m1/s1. The maximum atomic E-state index is 12.9. The van der Waals surface area contributed by atoms with E-state index in [9.17, 15) is 14.5 Å². The molecule has 2 atom stereocenters. The van der Waals surface area contributed by atoms with E-state index in [2.05, 4.69) is 15.9 Å². The van der Waals surface area contributed by atoms with Gasteiger partial charge in [-0.15, -0.1) is 0 Å². The number of aliphatic hydroxyl groups excluding tert-OH is 1. The van der Waals surface area contributed by atoms with Crippen molar-refractivity contribution in [1.29, 1.82) is 0 Å². The fourth-order valence-corrected chi connectivity index (χ4v) is 4.22. The third kappa shape index (κ3) is 7.00. The van der Waals surface area contributed by atoms with Crippen molar-refractivity contribution in [1.82, 2.24) is 4.90 Å². The maximum Gasteiger partial charge on any atom is 0.349 e. The van der Waals surface area contributed by atoms with Gasteiger partial charge in [-0.2, -0.15) is 0 Å². The average molecular weight is 452 g/mol. The van der Waals surface area contributed by atoms with E-state index in [0.717, 1.165) is 5.56 Å². The van der Waals surface area contributed by atoms with E-state index in [1.807, 2.05) is 12.1 Å². The highest BCUT2D eigenvalue weighted by Gasteiger charge is 2.33. The zero-order valence-corrected chi connectivity index (χ0v) is 18.0. The van der Waals surface area contributed by atoms with E-state index >= 15 is 0 Å². The summed E-state index contributed by atoms with van der Waals surface area (Å²) in [5.41, 5.74) is 0.823. The molecule has 0 aromatic heterocycles. The molecule has 1 aromatic rings. The summed E-state index contributed by atoms with van der Waals surface area (Å²) in [4.78, 5) is 13.3. The number of nitrogens with zero attached hydrogens (tertiary/aromatic N) is 1. The monoisotopic (exact) mass is 451 g/mol. The van der Waals surface area contributed by atoms with Gasteiger partial charge in [-0.25, -0.2) is 0 Å². The first-order valence-corrected chi connectivity index (χ1v) is 11.0. The number of alkyl halides is 1. The van der Waals surface area contributed by atoms with Crippen LogP contribution in [0.15, 0.2) is 24.3 Å². The molecule has 148 valence electrons. The summed E-state index contributed by atoms with van der Waals surface area (Å²) >= 11 is 3.20. The van der Waals surface area contributed by atoms with Crippen LogP contribution in [0.5, 0.6) is 5.75 Å². The fourth-order valence-electron chi connectivity index (χ4n) is 2.25. The molecule has 9 heteroatoms. The van der Waals surface area contributed by atoms with Crippen molar-refractivity contribution < 1.29 is 28.3 Å². The molecule has 0 radical (unpaired) electrons. The van der Waals surface area contributed by atoms with E-state index in [4.69, 9.17) is 13.8 Å². The Morgan fingerprint density at radius 2 is 1.77 bits per heavy atom. The lowest BCUT2D eigenvalue weighted by atomic mass is 10.2. The predicted molar refractivity (Wildman–Crippen MR) is 104 cm³/mol. The Morgan fingerprint density at radius 1 is 1.23 bits per heavy atom. The first-order valence-electron chi connectivity index (χ1n) is 8.38. The molecule has 1 amide bonds. The lowest BCUT2D eigenvalue weighted by Crippen LogP contribution is -2.41. The van der Waals surface area contributed by atoms with Gasteiger partial charge in [0.15, 0.2) is 0 Å². The van der Waals surface area contributed by atoms with Gasteiger partial charge in [-0.3, -0.25) is 9.36 Å². The summed E-state index contributed by atoms with van der Waals surface area (Å²) in [5.74, 6) is 0.304. The number of rotatable bonds is 11. The summed E-state index contributed by atoms with van der Waals surface area (Å²) in [7, 11) is -1.90. The molecule has 0 aliphatic heterocycles. The quantitative estimate of drug-likeness (QED) is 0.409. The Bertz CT molecular complexity index is 600. The Balaban J connectivity index is 3.07. The van der Waals surface area contributed by atoms with Gasteiger partial charge in [0.05, 0.1) is 26.4 Å². The van der Waals surface area contributed by atoms with Gasteiger partial charge in [0.1, 0.15) is 16.9 Å². The van der Waals surface area contributed by atoms with Gasteiger partial charge in [0, 0.05) is 6.54 Å². The second kappa shape index (κ2) is 11.0. The molecule has 1 aromatic carbocycles. The van der Waals surface area contributed by atoms with Gasteiger partial charge in [0.2, 0.25) is 5.91 Å². The predicted octanol–water partition coefficient (Wildman–Crippen LogP) is 3.39. The van der Waals surface area contributed by atoms with Crippen LogP contribution in [0.4, 0.5) is 0 Å².